The molecule has 0 saturated carbocycles. The van der Waals surface area contributed by atoms with Gasteiger partial charge >= 0.3 is 0 Å². The Hall–Kier alpha value is -1.37. The van der Waals surface area contributed by atoms with Gasteiger partial charge in [-0.2, -0.15) is 0 Å². The third-order valence-corrected chi connectivity index (χ3v) is 1.87. The van der Waals surface area contributed by atoms with Crippen LogP contribution in [-0.4, -0.2) is 4.98 Å². The van der Waals surface area contributed by atoms with Crippen molar-refractivity contribution in [2.24, 2.45) is 0 Å². The van der Waals surface area contributed by atoms with E-state index in [0.717, 1.165) is 11.3 Å². The standard InChI is InChI=1S/C11H13N.2C2H6/c1-4-9(3)11-10(5-2)7-6-8-12-11;2*1-2/h4-8H,2H2,1,3H3;2*1-2H3/b9-4-;;. The number of hydrogen-bond donors (Lipinski definition) is 0. The molecule has 0 radical (unpaired) electrons. The lowest BCUT2D eigenvalue weighted by molar-refractivity contribution is 1.25. The Morgan fingerprint density at radius 3 is 2.25 bits per heavy atom. The molecule has 0 unspecified atom stereocenters. The van der Waals surface area contributed by atoms with Gasteiger partial charge in [0.15, 0.2) is 0 Å². The molecule has 90 valence electrons. The monoisotopic (exact) mass is 219 g/mol. The Labute approximate surface area is 101 Å². The van der Waals surface area contributed by atoms with E-state index in [9.17, 15) is 0 Å². The molecular weight excluding hydrogens is 194 g/mol. The Bertz CT molecular complexity index is 311. The molecule has 1 heteroatoms. The van der Waals surface area contributed by atoms with Crippen molar-refractivity contribution >= 4 is 11.6 Å². The molecular formula is C15H25N. The third kappa shape index (κ3) is 5.50. The normalized spacial score (nSPS) is 9.25. The van der Waals surface area contributed by atoms with Gasteiger partial charge in [0.05, 0.1) is 5.69 Å². The van der Waals surface area contributed by atoms with Crippen molar-refractivity contribution in [2.45, 2.75) is 41.5 Å². The molecule has 1 aromatic rings. The third-order valence-electron chi connectivity index (χ3n) is 1.87. The average Bonchev–Trinajstić information content (AvgIpc) is 2.42. The molecule has 1 heterocycles. The first-order valence-corrected chi connectivity index (χ1v) is 6.00. The van der Waals surface area contributed by atoms with Crippen LogP contribution in [0.3, 0.4) is 0 Å². The molecule has 1 rings (SSSR count). The molecule has 0 aliphatic carbocycles. The van der Waals surface area contributed by atoms with Crippen molar-refractivity contribution in [3.8, 4) is 0 Å². The van der Waals surface area contributed by atoms with Crippen LogP contribution in [0.25, 0.3) is 11.6 Å². The molecule has 0 fully saturated rings. The number of hydrogen-bond acceptors (Lipinski definition) is 1. The topological polar surface area (TPSA) is 12.9 Å². The summed E-state index contributed by atoms with van der Waals surface area (Å²) in [6.07, 6.45) is 5.68. The van der Waals surface area contributed by atoms with Crippen LogP contribution >= 0.6 is 0 Å². The highest BCUT2D eigenvalue weighted by Crippen LogP contribution is 2.16. The van der Waals surface area contributed by atoms with Crippen LogP contribution in [0.1, 0.15) is 52.8 Å². The van der Waals surface area contributed by atoms with Crippen molar-refractivity contribution in [3.63, 3.8) is 0 Å². The minimum atomic E-state index is 1.02. The second kappa shape index (κ2) is 11.7. The summed E-state index contributed by atoms with van der Waals surface area (Å²) in [5.41, 5.74) is 3.30. The van der Waals surface area contributed by atoms with Gasteiger partial charge in [-0.05, 0) is 31.1 Å². The Morgan fingerprint density at radius 1 is 1.25 bits per heavy atom. The van der Waals surface area contributed by atoms with Gasteiger partial charge in [-0.1, -0.05) is 52.5 Å². The predicted molar refractivity (Wildman–Crippen MR) is 76.3 cm³/mol. The molecule has 16 heavy (non-hydrogen) atoms. The molecule has 0 amide bonds. The molecule has 0 aliphatic heterocycles. The molecule has 0 spiro atoms. The summed E-state index contributed by atoms with van der Waals surface area (Å²) >= 11 is 0. The van der Waals surface area contributed by atoms with E-state index in [1.165, 1.54) is 5.57 Å². The summed E-state index contributed by atoms with van der Waals surface area (Å²) in [4.78, 5) is 4.28. The molecule has 1 aromatic heterocycles. The zero-order chi connectivity index (χ0) is 13.0. The smallest absolute Gasteiger partial charge is 0.0727 e. The SMILES string of the molecule is C=Cc1cccnc1/C(C)=C\C.CC.CC. The lowest BCUT2D eigenvalue weighted by atomic mass is 10.1. The van der Waals surface area contributed by atoms with Crippen LogP contribution in [0.5, 0.6) is 0 Å². The van der Waals surface area contributed by atoms with E-state index in [4.69, 9.17) is 0 Å². The summed E-state index contributed by atoms with van der Waals surface area (Å²) in [6, 6.07) is 3.94. The first-order valence-electron chi connectivity index (χ1n) is 6.00. The maximum atomic E-state index is 4.28. The van der Waals surface area contributed by atoms with Gasteiger partial charge in [0.25, 0.3) is 0 Å². The zero-order valence-corrected chi connectivity index (χ0v) is 11.5. The fourth-order valence-electron chi connectivity index (χ4n) is 1.05. The maximum absolute atomic E-state index is 4.28. The Kier molecular flexibility index (Phi) is 12.5. The fourth-order valence-corrected chi connectivity index (χ4v) is 1.05. The van der Waals surface area contributed by atoms with Crippen molar-refractivity contribution in [1.82, 2.24) is 4.98 Å². The van der Waals surface area contributed by atoms with Crippen LogP contribution in [0.2, 0.25) is 0 Å². The van der Waals surface area contributed by atoms with Crippen LogP contribution < -0.4 is 0 Å². The molecule has 0 saturated heterocycles. The maximum Gasteiger partial charge on any atom is 0.0727 e. The number of nitrogens with zero attached hydrogens (tertiary/aromatic N) is 1. The summed E-state index contributed by atoms with van der Waals surface area (Å²) < 4.78 is 0. The summed E-state index contributed by atoms with van der Waals surface area (Å²) in [5.74, 6) is 0. The molecule has 1 nitrogen and oxygen atoms in total. The second-order valence-corrected chi connectivity index (χ2v) is 2.62. The van der Waals surface area contributed by atoms with Gasteiger partial charge in [0.1, 0.15) is 0 Å². The van der Waals surface area contributed by atoms with Crippen LogP contribution in [0, 0.1) is 0 Å². The largest absolute Gasteiger partial charge is 0.256 e. The highest BCUT2D eigenvalue weighted by Gasteiger charge is 1.99. The van der Waals surface area contributed by atoms with Crippen molar-refractivity contribution in [3.05, 3.63) is 42.2 Å². The van der Waals surface area contributed by atoms with E-state index in [-0.39, 0.29) is 0 Å². The van der Waals surface area contributed by atoms with Crippen molar-refractivity contribution < 1.29 is 0 Å². The van der Waals surface area contributed by atoms with Crippen molar-refractivity contribution in [1.29, 1.82) is 0 Å². The van der Waals surface area contributed by atoms with E-state index in [2.05, 4.69) is 24.6 Å². The van der Waals surface area contributed by atoms with E-state index in [1.807, 2.05) is 52.8 Å². The predicted octanol–water partition coefficient (Wildman–Crippen LogP) is 5.20. The minimum absolute atomic E-state index is 1.02. The molecule has 0 atom stereocenters. The van der Waals surface area contributed by atoms with Crippen LogP contribution in [-0.2, 0) is 0 Å². The molecule has 0 N–H and O–H groups in total. The Morgan fingerprint density at radius 2 is 1.81 bits per heavy atom. The molecule has 0 aliphatic rings. The fraction of sp³-hybridized carbons (Fsp3) is 0.400. The second-order valence-electron chi connectivity index (χ2n) is 2.62. The van der Waals surface area contributed by atoms with Gasteiger partial charge in [-0.3, -0.25) is 4.98 Å². The highest BCUT2D eigenvalue weighted by molar-refractivity contribution is 5.69. The Balaban J connectivity index is 0. The number of rotatable bonds is 2. The number of pyridine rings is 1. The van der Waals surface area contributed by atoms with Gasteiger partial charge in [0, 0.05) is 6.20 Å². The van der Waals surface area contributed by atoms with Gasteiger partial charge in [-0.15, -0.1) is 0 Å². The zero-order valence-electron chi connectivity index (χ0n) is 11.5. The van der Waals surface area contributed by atoms with E-state index in [0.29, 0.717) is 0 Å². The summed E-state index contributed by atoms with van der Waals surface area (Å²) in [7, 11) is 0. The molecule has 0 bridgehead atoms. The lowest BCUT2D eigenvalue weighted by Crippen LogP contribution is -1.88. The van der Waals surface area contributed by atoms with E-state index >= 15 is 0 Å². The highest BCUT2D eigenvalue weighted by atomic mass is 14.7. The quantitative estimate of drug-likeness (QED) is 0.666. The van der Waals surface area contributed by atoms with E-state index < -0.39 is 0 Å². The number of aromatic nitrogens is 1. The van der Waals surface area contributed by atoms with Gasteiger partial charge in [-0.25, -0.2) is 0 Å². The molecule has 0 aromatic carbocycles. The van der Waals surface area contributed by atoms with Crippen LogP contribution in [0.4, 0.5) is 0 Å². The van der Waals surface area contributed by atoms with Gasteiger partial charge < -0.3 is 0 Å². The number of allylic oxidation sites excluding steroid dienone is 2. The first-order chi connectivity index (χ1) is 7.79. The average molecular weight is 219 g/mol. The van der Waals surface area contributed by atoms with Crippen LogP contribution in [0.15, 0.2) is 31.0 Å². The first kappa shape index (κ1) is 17.0. The van der Waals surface area contributed by atoms with Crippen molar-refractivity contribution in [2.75, 3.05) is 0 Å². The van der Waals surface area contributed by atoms with E-state index in [1.54, 1.807) is 6.20 Å². The minimum Gasteiger partial charge on any atom is -0.256 e. The van der Waals surface area contributed by atoms with Gasteiger partial charge in [0.2, 0.25) is 0 Å². The lowest BCUT2D eigenvalue weighted by Gasteiger charge is -2.03. The summed E-state index contributed by atoms with van der Waals surface area (Å²) in [5, 5.41) is 0. The summed E-state index contributed by atoms with van der Waals surface area (Å²) in [6.45, 7) is 15.8.